The Morgan fingerprint density at radius 3 is 1.67 bits per heavy atom. The number of nitrogens with zero attached hydrogens (tertiary/aromatic N) is 1. The van der Waals surface area contributed by atoms with Crippen molar-refractivity contribution in [2.45, 2.75) is 6.92 Å². The summed E-state index contributed by atoms with van der Waals surface area (Å²) in [6.07, 6.45) is 0. The van der Waals surface area contributed by atoms with Crippen LogP contribution in [0.5, 0.6) is 0 Å². The van der Waals surface area contributed by atoms with Crippen LogP contribution >= 0.6 is 0 Å². The van der Waals surface area contributed by atoms with Crippen LogP contribution < -0.4 is 64.2 Å². The van der Waals surface area contributed by atoms with Gasteiger partial charge in [-0.15, -0.1) is 0 Å². The molecule has 0 aromatic carbocycles. The van der Waals surface area contributed by atoms with Gasteiger partial charge in [-0.05, 0) is 6.92 Å². The van der Waals surface area contributed by atoms with Crippen molar-refractivity contribution in [3.05, 3.63) is 0 Å². The van der Waals surface area contributed by atoms with Gasteiger partial charge in [-0.3, -0.25) is 5.26 Å². The number of carbonyl (C=O) groups excluding carboxylic acids is 1. The number of carbonyl (C=O) groups is 1. The van der Waals surface area contributed by atoms with E-state index in [-0.39, 0.29) is 67.0 Å². The van der Waals surface area contributed by atoms with Crippen molar-refractivity contribution in [3.63, 3.8) is 0 Å². The monoisotopic (exact) mass is 145 g/mol. The second-order valence-electron chi connectivity index (χ2n) is 0.492. The zero-order chi connectivity index (χ0) is 6.28. The third-order valence-corrected chi connectivity index (χ3v) is 0. The minimum atomic E-state index is -1.08. The van der Waals surface area contributed by atoms with Crippen LogP contribution in [0.25, 0.3) is 0 Å². The van der Waals surface area contributed by atoms with Crippen molar-refractivity contribution in [3.8, 4) is 5.97 Å². The summed E-state index contributed by atoms with van der Waals surface area (Å²) in [4.78, 5) is 8.89. The van der Waals surface area contributed by atoms with Gasteiger partial charge in [0.2, 0.25) is 0 Å². The molecule has 40 valence electrons. The molecule has 0 N–H and O–H groups in total. The first-order chi connectivity index (χ1) is 3.15. The fourth-order valence-electron chi connectivity index (χ4n) is 0. The Morgan fingerprint density at radius 1 is 1.67 bits per heavy atom. The van der Waals surface area contributed by atoms with E-state index in [1.165, 1.54) is 0 Å². The summed E-state index contributed by atoms with van der Waals surface area (Å²) < 4.78 is 0. The van der Waals surface area contributed by atoms with Gasteiger partial charge in [-0.2, -0.15) is 5.97 Å². The molecule has 0 bridgehead atoms. The number of rotatable bonds is 0. The summed E-state index contributed by atoms with van der Waals surface area (Å²) in [7, 11) is 0.0694. The van der Waals surface area contributed by atoms with Crippen LogP contribution in [0.15, 0.2) is 0 Å². The quantitative estimate of drug-likeness (QED) is 0.318. The molecular weight excluding hydrogens is 139 g/mol. The topological polar surface area (TPSA) is 63.9 Å². The summed E-state index contributed by atoms with van der Waals surface area (Å²) in [5.41, 5.74) is 0. The summed E-state index contributed by atoms with van der Waals surface area (Å²) in [5.74, 6) is 0.917. The number of carboxylic acid groups (broad SMARTS) is 1. The van der Waals surface area contributed by atoms with Gasteiger partial charge in [0.25, 0.3) is 0 Å². The van der Waals surface area contributed by atoms with Crippen LogP contribution in [0.3, 0.4) is 0 Å². The third kappa shape index (κ3) is 424. The van der Waals surface area contributed by atoms with Crippen LogP contribution in [-0.2, 0) is 4.79 Å². The van der Waals surface area contributed by atoms with Gasteiger partial charge < -0.3 is 9.90 Å². The van der Waals surface area contributed by atoms with Gasteiger partial charge in [0.05, 0.1) is 7.85 Å². The Hall–Kier alpha value is 1.02. The molecule has 3 nitrogen and oxygen atoms in total. The molecule has 0 fully saturated rings. The average molecular weight is 145 g/mol. The number of hydrogen-bond donors (Lipinski definition) is 0. The van der Waals surface area contributed by atoms with Crippen molar-refractivity contribution in [1.29, 1.82) is 5.26 Å². The van der Waals surface area contributed by atoms with Crippen molar-refractivity contribution < 1.29 is 69.0 Å². The maximum absolute atomic E-state index is 8.89. The fraction of sp³-hybridized carbons (Fsp3) is 0.333. The zero-order valence-electron chi connectivity index (χ0n) is 5.26. The molecule has 0 aromatic rings. The summed E-state index contributed by atoms with van der Waals surface area (Å²) in [6, 6.07) is 0. The van der Waals surface area contributed by atoms with E-state index in [2.05, 4.69) is 0 Å². The molecule has 0 aliphatic carbocycles. The van der Waals surface area contributed by atoms with Gasteiger partial charge >= 0.3 is 59.1 Å². The second kappa shape index (κ2) is 23.0. The SMILES string of the molecule is CC(=O)[O-].[BH3-]C#N.[Na+].[Na+]. The molecule has 6 heteroatoms. The van der Waals surface area contributed by atoms with Gasteiger partial charge in [0.15, 0.2) is 0 Å². The molecule has 0 aliphatic rings. The Labute approximate surface area is 99.8 Å². The van der Waals surface area contributed by atoms with Gasteiger partial charge in [-0.25, -0.2) is 0 Å². The smallest absolute Gasteiger partial charge is 0.550 e. The van der Waals surface area contributed by atoms with E-state index in [1.54, 1.807) is 0 Å². The fourth-order valence-corrected chi connectivity index (χ4v) is 0. The Balaban J connectivity index is -0.0000000233. The van der Waals surface area contributed by atoms with E-state index in [0.717, 1.165) is 6.92 Å². The summed E-state index contributed by atoms with van der Waals surface area (Å²) in [6.45, 7) is 0.972. The zero-order valence-corrected chi connectivity index (χ0v) is 9.26. The predicted molar refractivity (Wildman–Crippen MR) is 26.2 cm³/mol. The Kier molecular flexibility index (Phi) is 57.5. The van der Waals surface area contributed by atoms with Crippen molar-refractivity contribution in [2.75, 3.05) is 0 Å². The van der Waals surface area contributed by atoms with Gasteiger partial charge in [-0.1, -0.05) is 0 Å². The molecule has 0 saturated carbocycles. The molecular formula is C3H6BNNa2O2. The Bertz CT molecular complexity index is 88.3. The second-order valence-corrected chi connectivity index (χ2v) is 0.492. The number of nitriles is 1. The number of hydrogen-bond acceptors (Lipinski definition) is 3. The van der Waals surface area contributed by atoms with E-state index in [1.807, 2.05) is 5.97 Å². The molecule has 0 unspecified atom stereocenters. The van der Waals surface area contributed by atoms with Crippen molar-refractivity contribution in [1.82, 2.24) is 0 Å². The van der Waals surface area contributed by atoms with Gasteiger partial charge in [0, 0.05) is 5.97 Å². The predicted octanol–water partition coefficient (Wildman–Crippen LogP) is -8.40. The van der Waals surface area contributed by atoms with Crippen molar-refractivity contribution >= 4 is 13.8 Å². The standard InChI is InChI=1S/C2H4O2.CH3BN.2Na/c1-2(3)4;2-1-3;;/h1H3,(H,3,4);2H3;;/q;-1;2*+1/p-1. The summed E-state index contributed by atoms with van der Waals surface area (Å²) in [5, 5.41) is 16.3. The van der Waals surface area contributed by atoms with Crippen molar-refractivity contribution in [2.24, 2.45) is 0 Å². The third-order valence-electron chi connectivity index (χ3n) is 0. The molecule has 0 aliphatic heterocycles. The van der Waals surface area contributed by atoms with Crippen LogP contribution in [0, 0.1) is 11.2 Å². The van der Waals surface area contributed by atoms with E-state index < -0.39 is 5.97 Å². The first-order valence-corrected chi connectivity index (χ1v) is 1.13. The molecule has 0 amide bonds. The molecule has 0 saturated heterocycles. The molecule has 0 radical (unpaired) electrons. The minimum absolute atomic E-state index is 0. The summed E-state index contributed by atoms with van der Waals surface area (Å²) >= 11 is 0. The molecule has 0 aromatic heterocycles. The minimum Gasteiger partial charge on any atom is -0.550 e. The maximum Gasteiger partial charge on any atom is 1.00 e. The average Bonchev–Trinajstić information content (AvgIpc) is 1.33. The van der Waals surface area contributed by atoms with E-state index >= 15 is 0 Å². The van der Waals surface area contributed by atoms with Crippen LogP contribution in [0.4, 0.5) is 0 Å². The molecule has 0 heterocycles. The normalized spacial score (nSPS) is 3.67. The molecule has 0 rings (SSSR count). The molecule has 0 atom stereocenters. The van der Waals surface area contributed by atoms with Crippen LogP contribution in [0.2, 0.25) is 0 Å². The number of aliphatic carboxylic acids is 1. The van der Waals surface area contributed by atoms with E-state index in [9.17, 15) is 0 Å². The molecule has 9 heavy (non-hydrogen) atoms. The largest absolute Gasteiger partial charge is 1.00 e. The van der Waals surface area contributed by atoms with E-state index in [4.69, 9.17) is 15.2 Å². The van der Waals surface area contributed by atoms with Crippen LogP contribution in [0.1, 0.15) is 6.92 Å². The first kappa shape index (κ1) is 22.5. The maximum atomic E-state index is 8.89. The van der Waals surface area contributed by atoms with Crippen LogP contribution in [-0.4, -0.2) is 13.8 Å². The molecule has 0 spiro atoms. The van der Waals surface area contributed by atoms with E-state index in [0.29, 0.717) is 0 Å². The Morgan fingerprint density at radius 2 is 1.67 bits per heavy atom. The number of carboxylic acids is 1. The van der Waals surface area contributed by atoms with Gasteiger partial charge in [0.1, 0.15) is 0 Å². The first-order valence-electron chi connectivity index (χ1n) is 1.13.